The summed E-state index contributed by atoms with van der Waals surface area (Å²) >= 11 is 0. The van der Waals surface area contributed by atoms with Crippen molar-refractivity contribution < 1.29 is 9.13 Å². The summed E-state index contributed by atoms with van der Waals surface area (Å²) in [6.07, 6.45) is 2.91. The van der Waals surface area contributed by atoms with Crippen LogP contribution in [-0.4, -0.2) is 13.2 Å². The average Bonchev–Trinajstić information content (AvgIpc) is 3.02. The molecule has 0 saturated heterocycles. The third-order valence-electron chi connectivity index (χ3n) is 3.66. The quantitative estimate of drug-likeness (QED) is 0.851. The summed E-state index contributed by atoms with van der Waals surface area (Å²) in [5.74, 6) is 0.0786. The number of rotatable bonds is 4. The van der Waals surface area contributed by atoms with Crippen molar-refractivity contribution in [1.29, 1.82) is 0 Å². The zero-order valence-electron chi connectivity index (χ0n) is 9.79. The van der Waals surface area contributed by atoms with Gasteiger partial charge in [-0.15, -0.1) is 0 Å². The number of halogens is 1. The molecule has 1 aliphatic carbocycles. The van der Waals surface area contributed by atoms with E-state index in [-0.39, 0.29) is 17.3 Å². The summed E-state index contributed by atoms with van der Waals surface area (Å²) in [5, 5.41) is 0. The van der Waals surface area contributed by atoms with Gasteiger partial charge in [0.2, 0.25) is 0 Å². The van der Waals surface area contributed by atoms with Crippen molar-refractivity contribution in [2.45, 2.75) is 32.2 Å². The van der Waals surface area contributed by atoms with Gasteiger partial charge in [0, 0.05) is 6.04 Å². The zero-order valence-corrected chi connectivity index (χ0v) is 9.79. The molecule has 0 radical (unpaired) electrons. The average molecular weight is 223 g/mol. The van der Waals surface area contributed by atoms with Crippen LogP contribution in [0.25, 0.3) is 0 Å². The molecule has 1 aromatic rings. The predicted octanol–water partition coefficient (Wildman–Crippen LogP) is 2.50. The molecule has 2 N–H and O–H groups in total. The molecule has 3 heteroatoms. The van der Waals surface area contributed by atoms with Crippen molar-refractivity contribution in [3.05, 3.63) is 29.6 Å². The van der Waals surface area contributed by atoms with Gasteiger partial charge in [-0.25, -0.2) is 4.39 Å². The van der Waals surface area contributed by atoms with Crippen molar-refractivity contribution >= 4 is 0 Å². The lowest BCUT2D eigenvalue weighted by atomic mass is 9.90. The molecule has 16 heavy (non-hydrogen) atoms. The van der Waals surface area contributed by atoms with Crippen LogP contribution in [0, 0.1) is 11.2 Å². The fraction of sp³-hybridized carbons (Fsp3) is 0.538. The van der Waals surface area contributed by atoms with Crippen molar-refractivity contribution in [3.8, 4) is 5.75 Å². The van der Waals surface area contributed by atoms with Gasteiger partial charge in [-0.1, -0.05) is 12.1 Å². The first kappa shape index (κ1) is 11.4. The highest BCUT2D eigenvalue weighted by Crippen LogP contribution is 2.51. The van der Waals surface area contributed by atoms with Gasteiger partial charge >= 0.3 is 0 Å². The van der Waals surface area contributed by atoms with Crippen LogP contribution < -0.4 is 10.5 Å². The topological polar surface area (TPSA) is 35.2 Å². The largest absolute Gasteiger partial charge is 0.494 e. The Morgan fingerprint density at radius 1 is 1.50 bits per heavy atom. The van der Waals surface area contributed by atoms with Crippen molar-refractivity contribution in [1.82, 2.24) is 0 Å². The van der Waals surface area contributed by atoms with Crippen LogP contribution >= 0.6 is 0 Å². The smallest absolute Gasteiger partial charge is 0.168 e. The highest BCUT2D eigenvalue weighted by molar-refractivity contribution is 5.32. The Labute approximate surface area is 95.6 Å². The summed E-state index contributed by atoms with van der Waals surface area (Å²) in [7, 11) is 1.49. The number of benzene rings is 1. The highest BCUT2D eigenvalue weighted by Gasteiger charge is 2.46. The molecule has 1 aliphatic rings. The van der Waals surface area contributed by atoms with Gasteiger partial charge in [0.1, 0.15) is 0 Å². The molecule has 1 aromatic carbocycles. The number of ether oxygens (including phenoxy) is 1. The second kappa shape index (κ2) is 4.06. The molecular weight excluding hydrogens is 205 g/mol. The molecule has 2 nitrogen and oxygen atoms in total. The van der Waals surface area contributed by atoms with E-state index < -0.39 is 0 Å². The van der Waals surface area contributed by atoms with E-state index in [4.69, 9.17) is 10.5 Å². The molecule has 1 atom stereocenters. The van der Waals surface area contributed by atoms with Gasteiger partial charge in [-0.05, 0) is 43.2 Å². The Bertz CT molecular complexity index is 386. The standard InChI is InChI=1S/C13H18FNO/c1-9(15)13(6-7-13)8-10-4-3-5-11(16-2)12(10)14/h3-5,9H,6-8,15H2,1-2H3. The van der Waals surface area contributed by atoms with E-state index in [1.165, 1.54) is 7.11 Å². The highest BCUT2D eigenvalue weighted by atomic mass is 19.1. The molecule has 1 unspecified atom stereocenters. The summed E-state index contributed by atoms with van der Waals surface area (Å²) in [5.41, 5.74) is 6.78. The van der Waals surface area contributed by atoms with E-state index in [0.717, 1.165) is 12.8 Å². The first-order valence-corrected chi connectivity index (χ1v) is 5.66. The van der Waals surface area contributed by atoms with Crippen LogP contribution in [0.4, 0.5) is 4.39 Å². The molecule has 0 heterocycles. The molecular formula is C13H18FNO. The molecule has 1 fully saturated rings. The maximum absolute atomic E-state index is 13.9. The first-order valence-electron chi connectivity index (χ1n) is 5.66. The van der Waals surface area contributed by atoms with Crippen LogP contribution in [0.3, 0.4) is 0 Å². The van der Waals surface area contributed by atoms with Gasteiger partial charge in [0.05, 0.1) is 7.11 Å². The summed E-state index contributed by atoms with van der Waals surface area (Å²) in [4.78, 5) is 0. The Hall–Kier alpha value is -1.09. The van der Waals surface area contributed by atoms with Crippen LogP contribution in [0.15, 0.2) is 18.2 Å². The van der Waals surface area contributed by atoms with Crippen molar-refractivity contribution in [2.75, 3.05) is 7.11 Å². The monoisotopic (exact) mass is 223 g/mol. The molecule has 0 spiro atoms. The van der Waals surface area contributed by atoms with Gasteiger partial charge < -0.3 is 10.5 Å². The molecule has 1 saturated carbocycles. The van der Waals surface area contributed by atoms with Crippen LogP contribution in [-0.2, 0) is 6.42 Å². The lowest BCUT2D eigenvalue weighted by Crippen LogP contribution is -2.30. The first-order chi connectivity index (χ1) is 7.59. The summed E-state index contributed by atoms with van der Waals surface area (Å²) in [6.45, 7) is 2.01. The van der Waals surface area contributed by atoms with E-state index in [0.29, 0.717) is 17.7 Å². The SMILES string of the molecule is COc1cccc(CC2(C(C)N)CC2)c1F. The Balaban J connectivity index is 2.22. The van der Waals surface area contributed by atoms with E-state index in [1.54, 1.807) is 6.07 Å². The minimum absolute atomic E-state index is 0.118. The second-order valence-corrected chi connectivity index (χ2v) is 4.76. The second-order valence-electron chi connectivity index (χ2n) is 4.76. The normalized spacial score (nSPS) is 19.2. The summed E-state index contributed by atoms with van der Waals surface area (Å²) in [6, 6.07) is 5.41. The maximum Gasteiger partial charge on any atom is 0.168 e. The number of nitrogens with two attached hydrogens (primary N) is 1. The molecule has 0 amide bonds. The Morgan fingerprint density at radius 2 is 2.19 bits per heavy atom. The van der Waals surface area contributed by atoms with E-state index in [9.17, 15) is 4.39 Å². The van der Waals surface area contributed by atoms with Gasteiger partial charge in [-0.2, -0.15) is 0 Å². The minimum atomic E-state index is -0.239. The number of methoxy groups -OCH3 is 1. The van der Waals surface area contributed by atoms with Crippen molar-refractivity contribution in [2.24, 2.45) is 11.1 Å². The lowest BCUT2D eigenvalue weighted by Gasteiger charge is -2.20. The molecule has 0 aromatic heterocycles. The molecule has 88 valence electrons. The van der Waals surface area contributed by atoms with E-state index in [2.05, 4.69) is 0 Å². The van der Waals surface area contributed by atoms with Gasteiger partial charge in [0.15, 0.2) is 11.6 Å². The van der Waals surface area contributed by atoms with E-state index in [1.807, 2.05) is 19.1 Å². The molecule has 2 rings (SSSR count). The zero-order chi connectivity index (χ0) is 11.8. The van der Waals surface area contributed by atoms with Crippen molar-refractivity contribution in [3.63, 3.8) is 0 Å². The Morgan fingerprint density at radius 3 is 2.69 bits per heavy atom. The fourth-order valence-corrected chi connectivity index (χ4v) is 2.18. The Kier molecular flexibility index (Phi) is 2.89. The molecule has 0 bridgehead atoms. The predicted molar refractivity (Wildman–Crippen MR) is 62.0 cm³/mol. The number of hydrogen-bond acceptors (Lipinski definition) is 2. The number of hydrogen-bond donors (Lipinski definition) is 1. The molecule has 0 aliphatic heterocycles. The van der Waals surface area contributed by atoms with E-state index >= 15 is 0 Å². The fourth-order valence-electron chi connectivity index (χ4n) is 2.18. The van der Waals surface area contributed by atoms with Crippen LogP contribution in [0.1, 0.15) is 25.3 Å². The van der Waals surface area contributed by atoms with Gasteiger partial charge in [-0.3, -0.25) is 0 Å². The third kappa shape index (κ3) is 1.92. The van der Waals surface area contributed by atoms with Gasteiger partial charge in [0.25, 0.3) is 0 Å². The maximum atomic E-state index is 13.9. The van der Waals surface area contributed by atoms with Crippen LogP contribution in [0.2, 0.25) is 0 Å². The lowest BCUT2D eigenvalue weighted by molar-refractivity contribution is 0.374. The summed E-state index contributed by atoms with van der Waals surface area (Å²) < 4.78 is 18.9. The third-order valence-corrected chi connectivity index (χ3v) is 3.66. The van der Waals surface area contributed by atoms with Crippen LogP contribution in [0.5, 0.6) is 5.75 Å². The minimum Gasteiger partial charge on any atom is -0.494 e.